The fourth-order valence-corrected chi connectivity index (χ4v) is 0.638. The first-order chi connectivity index (χ1) is 3.80. The second kappa shape index (κ2) is 2.01. The van der Waals surface area contributed by atoms with Gasteiger partial charge < -0.3 is 0 Å². The SMILES string of the molecule is O=[N+]([O-])C1=CN[N]S1. The summed E-state index contributed by atoms with van der Waals surface area (Å²) in [4.78, 5) is 12.7. The van der Waals surface area contributed by atoms with E-state index >= 15 is 0 Å². The Hall–Kier alpha value is -0.750. The number of hydrogen-bond acceptors (Lipinski definition) is 4. The summed E-state index contributed by atoms with van der Waals surface area (Å²) in [6.07, 6.45) is 1.24. The Morgan fingerprint density at radius 2 is 2.75 bits per heavy atom. The van der Waals surface area contributed by atoms with E-state index in [-0.39, 0.29) is 5.03 Å². The molecule has 1 aliphatic heterocycles. The predicted octanol–water partition coefficient (Wildman–Crippen LogP) is -0.167. The van der Waals surface area contributed by atoms with Crippen molar-refractivity contribution < 1.29 is 4.92 Å². The van der Waals surface area contributed by atoms with Gasteiger partial charge in [0.05, 0.1) is 16.9 Å². The molecule has 0 aliphatic carbocycles. The van der Waals surface area contributed by atoms with Crippen molar-refractivity contribution in [1.82, 2.24) is 10.3 Å². The smallest absolute Gasteiger partial charge is 0.293 e. The van der Waals surface area contributed by atoms with Gasteiger partial charge in [-0.1, -0.05) is 4.83 Å². The summed E-state index contributed by atoms with van der Waals surface area (Å²) in [6.45, 7) is 0. The minimum absolute atomic E-state index is 0.0324. The number of nitro groups is 1. The summed E-state index contributed by atoms with van der Waals surface area (Å²) in [5.41, 5.74) is 2.34. The van der Waals surface area contributed by atoms with Crippen LogP contribution in [-0.4, -0.2) is 4.92 Å². The molecular weight excluding hydrogens is 130 g/mol. The van der Waals surface area contributed by atoms with E-state index in [1.165, 1.54) is 6.20 Å². The lowest BCUT2D eigenvalue weighted by Gasteiger charge is -1.81. The molecule has 0 aromatic heterocycles. The van der Waals surface area contributed by atoms with Gasteiger partial charge in [-0.25, -0.2) is 0 Å². The first-order valence-electron chi connectivity index (χ1n) is 1.78. The van der Waals surface area contributed by atoms with Gasteiger partial charge in [-0.3, -0.25) is 15.5 Å². The van der Waals surface area contributed by atoms with Crippen LogP contribution < -0.4 is 10.3 Å². The molecule has 1 rings (SSSR count). The molecule has 1 aliphatic rings. The molecule has 43 valence electrons. The molecule has 0 saturated carbocycles. The zero-order valence-corrected chi connectivity index (χ0v) is 4.51. The summed E-state index contributed by atoms with van der Waals surface area (Å²) < 4.78 is 0. The van der Waals surface area contributed by atoms with Gasteiger partial charge in [-0.2, -0.15) is 0 Å². The third-order valence-corrected chi connectivity index (χ3v) is 1.21. The summed E-state index contributed by atoms with van der Waals surface area (Å²) in [5, 5.41) is 9.85. The van der Waals surface area contributed by atoms with Crippen molar-refractivity contribution in [3.8, 4) is 0 Å². The van der Waals surface area contributed by atoms with Crippen molar-refractivity contribution in [2.75, 3.05) is 0 Å². The van der Waals surface area contributed by atoms with Gasteiger partial charge in [-0.05, 0) is 0 Å². The molecular formula is C2H2N3O2S. The van der Waals surface area contributed by atoms with Crippen LogP contribution in [0, 0.1) is 10.1 Å². The molecule has 0 atom stereocenters. The lowest BCUT2D eigenvalue weighted by Crippen LogP contribution is -2.02. The largest absolute Gasteiger partial charge is 0.338 e. The standard InChI is InChI=1S/C2H2N3O2S/c6-5(7)2-1-3-4-8-2/h1,3H. The van der Waals surface area contributed by atoms with Crippen molar-refractivity contribution in [2.45, 2.75) is 0 Å². The van der Waals surface area contributed by atoms with E-state index in [0.29, 0.717) is 0 Å². The van der Waals surface area contributed by atoms with Gasteiger partial charge in [0.15, 0.2) is 0 Å². The zero-order chi connectivity index (χ0) is 5.98. The molecule has 0 aromatic rings. The molecule has 0 unspecified atom stereocenters. The lowest BCUT2D eigenvalue weighted by atomic mass is 10.9. The van der Waals surface area contributed by atoms with Crippen LogP contribution in [0.25, 0.3) is 0 Å². The van der Waals surface area contributed by atoms with E-state index in [0.717, 1.165) is 11.9 Å². The summed E-state index contributed by atoms with van der Waals surface area (Å²) in [7, 11) is 0. The summed E-state index contributed by atoms with van der Waals surface area (Å²) >= 11 is 0.826. The molecule has 5 nitrogen and oxygen atoms in total. The highest BCUT2D eigenvalue weighted by atomic mass is 32.2. The molecule has 1 heterocycles. The lowest BCUT2D eigenvalue weighted by molar-refractivity contribution is -0.410. The van der Waals surface area contributed by atoms with Gasteiger partial charge in [0.25, 0.3) is 0 Å². The molecule has 1 N–H and O–H groups in total. The van der Waals surface area contributed by atoms with Gasteiger partial charge >= 0.3 is 5.03 Å². The Labute approximate surface area is 49.4 Å². The molecule has 0 spiro atoms. The van der Waals surface area contributed by atoms with Crippen LogP contribution in [0.5, 0.6) is 0 Å². The Bertz CT molecular complexity index is 144. The normalized spacial score (nSPS) is 17.2. The number of nitrogens with one attached hydrogen (secondary N) is 1. The Balaban J connectivity index is 2.57. The van der Waals surface area contributed by atoms with Gasteiger partial charge in [0.2, 0.25) is 0 Å². The number of rotatable bonds is 1. The van der Waals surface area contributed by atoms with Crippen LogP contribution in [0.15, 0.2) is 11.2 Å². The fraction of sp³-hybridized carbons (Fsp3) is 0. The van der Waals surface area contributed by atoms with E-state index < -0.39 is 4.92 Å². The van der Waals surface area contributed by atoms with Crippen LogP contribution in [-0.2, 0) is 0 Å². The van der Waals surface area contributed by atoms with Crippen molar-refractivity contribution in [3.63, 3.8) is 0 Å². The molecule has 0 aromatic carbocycles. The van der Waals surface area contributed by atoms with Crippen molar-refractivity contribution in [2.24, 2.45) is 0 Å². The maximum atomic E-state index is 9.82. The van der Waals surface area contributed by atoms with Crippen molar-refractivity contribution in [3.05, 3.63) is 21.3 Å². The first kappa shape index (κ1) is 5.39. The monoisotopic (exact) mass is 132 g/mol. The van der Waals surface area contributed by atoms with E-state index in [4.69, 9.17) is 0 Å². The van der Waals surface area contributed by atoms with E-state index in [2.05, 4.69) is 10.3 Å². The minimum Gasteiger partial charge on any atom is -0.293 e. The fourth-order valence-electron chi connectivity index (χ4n) is 0.267. The molecule has 8 heavy (non-hydrogen) atoms. The molecule has 0 bridgehead atoms. The highest BCUT2D eigenvalue weighted by Gasteiger charge is 2.16. The van der Waals surface area contributed by atoms with Crippen LogP contribution in [0.4, 0.5) is 0 Å². The average Bonchev–Trinajstić information content (AvgIpc) is 2.12. The zero-order valence-electron chi connectivity index (χ0n) is 3.70. The quantitative estimate of drug-likeness (QED) is 0.305. The molecule has 0 fully saturated rings. The Morgan fingerprint density at radius 3 is 3.00 bits per heavy atom. The maximum Gasteiger partial charge on any atom is 0.338 e. The van der Waals surface area contributed by atoms with Crippen LogP contribution >= 0.6 is 11.9 Å². The second-order valence-corrected chi connectivity index (χ2v) is 1.83. The third-order valence-electron chi connectivity index (χ3n) is 0.560. The summed E-state index contributed by atoms with van der Waals surface area (Å²) in [6, 6.07) is 0. The molecule has 6 heteroatoms. The minimum atomic E-state index is -0.492. The van der Waals surface area contributed by atoms with Gasteiger partial charge in [0.1, 0.15) is 6.20 Å². The maximum absolute atomic E-state index is 9.82. The highest BCUT2D eigenvalue weighted by Crippen LogP contribution is 2.14. The van der Waals surface area contributed by atoms with Gasteiger partial charge in [-0.15, -0.1) is 0 Å². The van der Waals surface area contributed by atoms with E-state index in [9.17, 15) is 10.1 Å². The average molecular weight is 132 g/mol. The topological polar surface area (TPSA) is 69.3 Å². The van der Waals surface area contributed by atoms with Crippen molar-refractivity contribution in [1.29, 1.82) is 0 Å². The number of nitrogens with zero attached hydrogens (tertiary/aromatic N) is 2. The predicted molar refractivity (Wildman–Crippen MR) is 27.9 cm³/mol. The second-order valence-electron chi connectivity index (χ2n) is 1.05. The first-order valence-corrected chi connectivity index (χ1v) is 2.55. The van der Waals surface area contributed by atoms with E-state index in [1.807, 2.05) is 0 Å². The summed E-state index contributed by atoms with van der Waals surface area (Å²) in [5.74, 6) is 0. The molecule has 0 amide bonds. The highest BCUT2D eigenvalue weighted by molar-refractivity contribution is 8.01. The molecule has 1 radical (unpaired) electrons. The van der Waals surface area contributed by atoms with E-state index in [1.54, 1.807) is 0 Å². The van der Waals surface area contributed by atoms with Crippen molar-refractivity contribution >= 4 is 11.9 Å². The Morgan fingerprint density at radius 1 is 2.00 bits per heavy atom. The van der Waals surface area contributed by atoms with Gasteiger partial charge in [0, 0.05) is 0 Å². The van der Waals surface area contributed by atoms with Crippen LogP contribution in [0.3, 0.4) is 0 Å². The number of hydrogen-bond donors (Lipinski definition) is 1. The van der Waals surface area contributed by atoms with Crippen LogP contribution in [0.1, 0.15) is 0 Å². The third kappa shape index (κ3) is 0.903. The Kier molecular flexibility index (Phi) is 1.36. The van der Waals surface area contributed by atoms with Crippen LogP contribution in [0.2, 0.25) is 0 Å². The molecule has 0 saturated heterocycles.